The summed E-state index contributed by atoms with van der Waals surface area (Å²) in [5, 5.41) is 0. The number of benzene rings is 2. The Morgan fingerprint density at radius 1 is 0.941 bits per heavy atom. The molecule has 0 spiro atoms. The van der Waals surface area contributed by atoms with Gasteiger partial charge in [-0.1, -0.05) is 36.4 Å². The number of aryl methyl sites for hydroxylation is 1. The minimum Gasteiger partial charge on any atom is -0.493 e. The number of fused-ring (bicyclic) bond motifs is 1. The maximum absolute atomic E-state index is 12.8. The molecule has 0 N–H and O–H groups in total. The molecule has 8 nitrogen and oxygen atoms in total. The largest absolute Gasteiger partial charge is 0.493 e. The average Bonchev–Trinajstić information content (AvgIpc) is 2.86. The Bertz CT molecular complexity index is 1360. The summed E-state index contributed by atoms with van der Waals surface area (Å²) in [6.45, 7) is 2.04. The number of nitrogens with zero attached hydrogens (tertiary/aromatic N) is 2. The lowest BCUT2D eigenvalue weighted by atomic mass is 10.1. The van der Waals surface area contributed by atoms with Crippen LogP contribution in [0.25, 0.3) is 5.65 Å². The number of methoxy groups -OCH3 is 2. The zero-order chi connectivity index (χ0) is 24.1. The van der Waals surface area contributed by atoms with E-state index in [1.54, 1.807) is 12.3 Å². The average molecular weight is 460 g/mol. The van der Waals surface area contributed by atoms with Crippen molar-refractivity contribution in [2.45, 2.75) is 20.1 Å². The van der Waals surface area contributed by atoms with Gasteiger partial charge in [0.05, 0.1) is 25.5 Å². The van der Waals surface area contributed by atoms with Crippen molar-refractivity contribution >= 4 is 11.6 Å². The van der Waals surface area contributed by atoms with Crippen LogP contribution in [0.2, 0.25) is 0 Å². The molecule has 0 fully saturated rings. The third-order valence-corrected chi connectivity index (χ3v) is 5.13. The van der Waals surface area contributed by atoms with Crippen molar-refractivity contribution in [3.8, 4) is 17.2 Å². The Labute approximate surface area is 196 Å². The van der Waals surface area contributed by atoms with Gasteiger partial charge in [0.1, 0.15) is 18.9 Å². The molecule has 0 saturated carbocycles. The fraction of sp³-hybridized carbons (Fsp3) is 0.192. The van der Waals surface area contributed by atoms with Crippen LogP contribution in [-0.2, 0) is 18.0 Å². The highest BCUT2D eigenvalue weighted by atomic mass is 16.5. The SMILES string of the molecule is COc1cc(C(=O)OCc2cc(=O)n3cc(C)ccc3n2)cc(OC)c1OCc1ccccc1. The molecule has 34 heavy (non-hydrogen) atoms. The van der Waals surface area contributed by atoms with E-state index in [0.717, 1.165) is 11.1 Å². The van der Waals surface area contributed by atoms with Crippen molar-refractivity contribution < 1.29 is 23.7 Å². The summed E-state index contributed by atoms with van der Waals surface area (Å²) in [4.78, 5) is 29.5. The number of carbonyl (C=O) groups excluding carboxylic acids is 1. The Hall–Kier alpha value is -4.33. The first-order valence-electron chi connectivity index (χ1n) is 10.6. The number of esters is 1. The Morgan fingerprint density at radius 3 is 2.32 bits per heavy atom. The van der Waals surface area contributed by atoms with E-state index >= 15 is 0 Å². The van der Waals surface area contributed by atoms with Gasteiger partial charge in [-0.15, -0.1) is 0 Å². The summed E-state index contributed by atoms with van der Waals surface area (Å²) in [5.74, 6) is 0.432. The molecule has 4 aromatic rings. The van der Waals surface area contributed by atoms with Gasteiger partial charge >= 0.3 is 5.97 Å². The van der Waals surface area contributed by atoms with E-state index in [9.17, 15) is 9.59 Å². The van der Waals surface area contributed by atoms with Gasteiger partial charge in [-0.2, -0.15) is 0 Å². The molecule has 4 rings (SSSR count). The second-order valence-corrected chi connectivity index (χ2v) is 7.58. The molecule has 0 radical (unpaired) electrons. The molecule has 0 atom stereocenters. The molecule has 0 amide bonds. The van der Waals surface area contributed by atoms with Gasteiger partial charge in [-0.25, -0.2) is 9.78 Å². The highest BCUT2D eigenvalue weighted by molar-refractivity contribution is 5.91. The first-order chi connectivity index (χ1) is 16.5. The fourth-order valence-corrected chi connectivity index (χ4v) is 3.42. The van der Waals surface area contributed by atoms with Crippen LogP contribution in [0.1, 0.15) is 27.2 Å². The predicted molar refractivity (Wildman–Crippen MR) is 126 cm³/mol. The van der Waals surface area contributed by atoms with Gasteiger partial charge < -0.3 is 18.9 Å². The molecule has 0 saturated heterocycles. The number of carbonyl (C=O) groups is 1. The number of hydrogen-bond donors (Lipinski definition) is 0. The van der Waals surface area contributed by atoms with Crippen LogP contribution in [0.5, 0.6) is 17.2 Å². The molecular formula is C26H24N2O6. The van der Waals surface area contributed by atoms with Crippen LogP contribution in [-0.4, -0.2) is 29.6 Å². The second-order valence-electron chi connectivity index (χ2n) is 7.58. The number of aromatic nitrogens is 2. The Balaban J connectivity index is 1.52. The van der Waals surface area contributed by atoms with Gasteiger partial charge in [0.15, 0.2) is 11.5 Å². The van der Waals surface area contributed by atoms with E-state index in [1.807, 2.05) is 43.3 Å². The molecule has 0 bridgehead atoms. The normalized spacial score (nSPS) is 10.7. The zero-order valence-electron chi connectivity index (χ0n) is 19.1. The summed E-state index contributed by atoms with van der Waals surface area (Å²) in [6.07, 6.45) is 1.71. The molecule has 2 aromatic carbocycles. The van der Waals surface area contributed by atoms with Crippen LogP contribution in [0.3, 0.4) is 0 Å². The van der Waals surface area contributed by atoms with E-state index < -0.39 is 5.97 Å². The van der Waals surface area contributed by atoms with Gasteiger partial charge in [-0.05, 0) is 36.2 Å². The van der Waals surface area contributed by atoms with Gasteiger partial charge in [-0.3, -0.25) is 9.20 Å². The van der Waals surface area contributed by atoms with Gasteiger partial charge in [0.25, 0.3) is 5.56 Å². The maximum atomic E-state index is 12.8. The minimum atomic E-state index is -0.614. The van der Waals surface area contributed by atoms with Crippen molar-refractivity contribution in [2.24, 2.45) is 0 Å². The Morgan fingerprint density at radius 2 is 1.65 bits per heavy atom. The van der Waals surface area contributed by atoms with Crippen LogP contribution in [0.15, 0.2) is 71.7 Å². The van der Waals surface area contributed by atoms with E-state index in [2.05, 4.69) is 4.98 Å². The van der Waals surface area contributed by atoms with Crippen LogP contribution < -0.4 is 19.8 Å². The summed E-state index contributed by atoms with van der Waals surface area (Å²) < 4.78 is 23.6. The summed E-state index contributed by atoms with van der Waals surface area (Å²) in [5.41, 5.74) is 2.71. The topological polar surface area (TPSA) is 88.4 Å². The molecule has 2 heterocycles. The molecule has 0 aliphatic carbocycles. The smallest absolute Gasteiger partial charge is 0.338 e. The molecular weight excluding hydrogens is 436 g/mol. The van der Waals surface area contributed by atoms with E-state index in [0.29, 0.717) is 35.2 Å². The fourth-order valence-electron chi connectivity index (χ4n) is 3.42. The van der Waals surface area contributed by atoms with E-state index in [4.69, 9.17) is 18.9 Å². The first-order valence-corrected chi connectivity index (χ1v) is 10.6. The van der Waals surface area contributed by atoms with Crippen LogP contribution in [0, 0.1) is 6.92 Å². The quantitative estimate of drug-likeness (QED) is 0.368. The molecule has 0 aliphatic heterocycles. The molecule has 2 aromatic heterocycles. The number of ether oxygens (including phenoxy) is 4. The zero-order valence-corrected chi connectivity index (χ0v) is 19.1. The Kier molecular flexibility index (Phi) is 6.77. The molecule has 8 heteroatoms. The third-order valence-electron chi connectivity index (χ3n) is 5.13. The van der Waals surface area contributed by atoms with Crippen LogP contribution >= 0.6 is 0 Å². The summed E-state index contributed by atoms with van der Waals surface area (Å²) in [7, 11) is 2.96. The lowest BCUT2D eigenvalue weighted by Crippen LogP contribution is -2.17. The minimum absolute atomic E-state index is 0.157. The lowest BCUT2D eigenvalue weighted by molar-refractivity contribution is 0.0466. The standard InChI is InChI=1S/C26H24N2O6/c1-17-9-10-23-27-20(13-24(29)28(23)14-17)16-34-26(30)19-11-21(31-2)25(22(12-19)32-3)33-15-18-7-5-4-6-8-18/h4-14H,15-16H2,1-3H3. The van der Waals surface area contributed by atoms with E-state index in [1.165, 1.54) is 36.8 Å². The third kappa shape index (κ3) is 5.01. The molecule has 174 valence electrons. The second kappa shape index (κ2) is 10.1. The van der Waals surface area contributed by atoms with Crippen LogP contribution in [0.4, 0.5) is 0 Å². The number of rotatable bonds is 8. The lowest BCUT2D eigenvalue weighted by Gasteiger charge is -2.16. The maximum Gasteiger partial charge on any atom is 0.338 e. The number of pyridine rings is 1. The molecule has 0 unspecified atom stereocenters. The van der Waals surface area contributed by atoms with Crippen molar-refractivity contribution in [2.75, 3.05) is 14.2 Å². The highest BCUT2D eigenvalue weighted by Gasteiger charge is 2.19. The van der Waals surface area contributed by atoms with Crippen molar-refractivity contribution in [1.82, 2.24) is 9.38 Å². The first kappa shape index (κ1) is 22.8. The van der Waals surface area contributed by atoms with Gasteiger partial charge in [0.2, 0.25) is 5.75 Å². The summed E-state index contributed by atoms with van der Waals surface area (Å²) >= 11 is 0. The van der Waals surface area contributed by atoms with Crippen molar-refractivity contribution in [3.63, 3.8) is 0 Å². The van der Waals surface area contributed by atoms with E-state index in [-0.39, 0.29) is 17.7 Å². The predicted octanol–water partition coefficient (Wildman–Crippen LogP) is 3.96. The summed E-state index contributed by atoms with van der Waals surface area (Å²) in [6, 6.07) is 17.7. The van der Waals surface area contributed by atoms with Gasteiger partial charge in [0, 0.05) is 12.3 Å². The molecule has 0 aliphatic rings. The highest BCUT2D eigenvalue weighted by Crippen LogP contribution is 2.39. The van der Waals surface area contributed by atoms with Crippen molar-refractivity contribution in [3.05, 3.63) is 99.6 Å². The van der Waals surface area contributed by atoms with Crippen molar-refractivity contribution in [1.29, 1.82) is 0 Å². The number of hydrogen-bond acceptors (Lipinski definition) is 7. The monoisotopic (exact) mass is 460 g/mol.